The lowest BCUT2D eigenvalue weighted by molar-refractivity contribution is -0.116. The molecule has 0 unspecified atom stereocenters. The third-order valence-corrected chi connectivity index (χ3v) is 2.35. The number of nitrogens with one attached hydrogen (secondary N) is 2. The Hall–Kier alpha value is -2.30. The standard InChI is InChI=1S/C12H13N3O2/c16-10-4-1-9(2-5-10)3-6-12(17)14-11-7-8-13-15-11/h1-2,4-5,7-8,16H,3,6H2,(H2,13,14,15,17). The number of nitrogens with zero attached hydrogens (tertiary/aromatic N) is 1. The fourth-order valence-corrected chi connectivity index (χ4v) is 1.46. The van der Waals surface area contributed by atoms with Gasteiger partial charge >= 0.3 is 0 Å². The van der Waals surface area contributed by atoms with E-state index in [-0.39, 0.29) is 11.7 Å². The highest BCUT2D eigenvalue weighted by Crippen LogP contribution is 2.11. The van der Waals surface area contributed by atoms with Crippen LogP contribution in [0, 0.1) is 0 Å². The minimum Gasteiger partial charge on any atom is -0.508 e. The van der Waals surface area contributed by atoms with Gasteiger partial charge in [-0.2, -0.15) is 5.10 Å². The number of aromatic nitrogens is 2. The molecule has 1 heterocycles. The first kappa shape index (κ1) is 11.2. The molecular formula is C12H13N3O2. The number of amides is 1. The number of aryl methyl sites for hydroxylation is 1. The Morgan fingerprint density at radius 2 is 2.06 bits per heavy atom. The number of phenolic OH excluding ortho intramolecular Hbond substituents is 1. The van der Waals surface area contributed by atoms with E-state index in [2.05, 4.69) is 15.5 Å². The minimum atomic E-state index is -0.0673. The van der Waals surface area contributed by atoms with Crippen molar-refractivity contribution in [3.8, 4) is 5.75 Å². The SMILES string of the molecule is O=C(CCc1ccc(O)cc1)Nc1ccn[nH]1. The molecule has 0 fully saturated rings. The van der Waals surface area contributed by atoms with Gasteiger partial charge in [0.05, 0.1) is 6.20 Å². The Labute approximate surface area is 98.5 Å². The van der Waals surface area contributed by atoms with Gasteiger partial charge in [-0.15, -0.1) is 0 Å². The van der Waals surface area contributed by atoms with E-state index in [1.807, 2.05) is 0 Å². The van der Waals surface area contributed by atoms with Gasteiger partial charge in [-0.1, -0.05) is 12.1 Å². The molecule has 0 radical (unpaired) electrons. The van der Waals surface area contributed by atoms with Gasteiger partial charge < -0.3 is 10.4 Å². The van der Waals surface area contributed by atoms with Crippen LogP contribution in [-0.2, 0) is 11.2 Å². The van der Waals surface area contributed by atoms with Crippen LogP contribution in [0.3, 0.4) is 0 Å². The van der Waals surface area contributed by atoms with Crippen molar-refractivity contribution in [3.63, 3.8) is 0 Å². The van der Waals surface area contributed by atoms with Crippen molar-refractivity contribution >= 4 is 11.7 Å². The molecule has 0 saturated carbocycles. The Bertz CT molecular complexity index is 477. The number of H-pyrrole nitrogens is 1. The van der Waals surface area contributed by atoms with Crippen LogP contribution >= 0.6 is 0 Å². The first-order valence-corrected chi connectivity index (χ1v) is 5.31. The maximum absolute atomic E-state index is 11.5. The summed E-state index contributed by atoms with van der Waals surface area (Å²) in [6.45, 7) is 0. The number of hydrogen-bond acceptors (Lipinski definition) is 3. The van der Waals surface area contributed by atoms with Gasteiger partial charge in [-0.3, -0.25) is 9.89 Å². The summed E-state index contributed by atoms with van der Waals surface area (Å²) in [5.74, 6) is 0.763. The van der Waals surface area contributed by atoms with Gasteiger partial charge in [0.1, 0.15) is 11.6 Å². The predicted octanol–water partition coefficient (Wildman–Crippen LogP) is 1.69. The summed E-state index contributed by atoms with van der Waals surface area (Å²) in [5.41, 5.74) is 1.02. The molecule has 88 valence electrons. The van der Waals surface area contributed by atoms with Crippen LogP contribution < -0.4 is 5.32 Å². The van der Waals surface area contributed by atoms with Gasteiger partial charge in [0.25, 0.3) is 0 Å². The van der Waals surface area contributed by atoms with E-state index in [1.54, 1.807) is 36.5 Å². The molecule has 5 nitrogen and oxygen atoms in total. The molecule has 0 aliphatic carbocycles. The van der Waals surface area contributed by atoms with Crippen molar-refractivity contribution in [2.45, 2.75) is 12.8 Å². The van der Waals surface area contributed by atoms with Gasteiger partial charge in [0.15, 0.2) is 0 Å². The van der Waals surface area contributed by atoms with Crippen LogP contribution in [0.1, 0.15) is 12.0 Å². The van der Waals surface area contributed by atoms with Crippen molar-refractivity contribution < 1.29 is 9.90 Å². The Morgan fingerprint density at radius 3 is 2.71 bits per heavy atom. The first-order valence-electron chi connectivity index (χ1n) is 5.31. The number of hydrogen-bond donors (Lipinski definition) is 3. The van der Waals surface area contributed by atoms with E-state index in [0.29, 0.717) is 18.7 Å². The molecule has 2 aromatic rings. The molecule has 0 aliphatic rings. The van der Waals surface area contributed by atoms with Crippen molar-refractivity contribution in [3.05, 3.63) is 42.1 Å². The predicted molar refractivity (Wildman–Crippen MR) is 63.6 cm³/mol. The zero-order valence-corrected chi connectivity index (χ0v) is 9.18. The molecule has 0 saturated heterocycles. The lowest BCUT2D eigenvalue weighted by atomic mass is 10.1. The van der Waals surface area contributed by atoms with E-state index < -0.39 is 0 Å². The lowest BCUT2D eigenvalue weighted by Crippen LogP contribution is -2.12. The molecule has 1 amide bonds. The first-order chi connectivity index (χ1) is 8.24. The monoisotopic (exact) mass is 231 g/mol. The smallest absolute Gasteiger partial charge is 0.225 e. The average Bonchev–Trinajstić information content (AvgIpc) is 2.81. The zero-order valence-electron chi connectivity index (χ0n) is 9.18. The molecule has 2 rings (SSSR count). The van der Waals surface area contributed by atoms with Gasteiger partial charge in [0.2, 0.25) is 5.91 Å². The summed E-state index contributed by atoms with van der Waals surface area (Å²) < 4.78 is 0. The summed E-state index contributed by atoms with van der Waals surface area (Å²) in [5, 5.41) is 18.2. The quantitative estimate of drug-likeness (QED) is 0.749. The third-order valence-electron chi connectivity index (χ3n) is 2.35. The summed E-state index contributed by atoms with van der Waals surface area (Å²) in [6.07, 6.45) is 2.61. The molecular weight excluding hydrogens is 218 g/mol. The maximum atomic E-state index is 11.5. The molecule has 0 bridgehead atoms. The van der Waals surface area contributed by atoms with Crippen molar-refractivity contribution in [2.75, 3.05) is 5.32 Å². The Kier molecular flexibility index (Phi) is 3.40. The number of anilines is 1. The second-order valence-electron chi connectivity index (χ2n) is 3.68. The van der Waals surface area contributed by atoms with Crippen LogP contribution in [0.25, 0.3) is 0 Å². The number of aromatic amines is 1. The van der Waals surface area contributed by atoms with Crippen molar-refractivity contribution in [1.82, 2.24) is 10.2 Å². The number of rotatable bonds is 4. The molecule has 0 spiro atoms. The summed E-state index contributed by atoms with van der Waals surface area (Å²) in [4.78, 5) is 11.5. The minimum absolute atomic E-state index is 0.0673. The third kappa shape index (κ3) is 3.34. The molecule has 1 aromatic heterocycles. The molecule has 0 aliphatic heterocycles. The highest BCUT2D eigenvalue weighted by molar-refractivity contribution is 5.89. The Balaban J connectivity index is 1.82. The molecule has 1 aromatic carbocycles. The maximum Gasteiger partial charge on any atom is 0.225 e. The number of carbonyl (C=O) groups excluding carboxylic acids is 1. The van der Waals surface area contributed by atoms with Gasteiger partial charge in [-0.05, 0) is 24.1 Å². The van der Waals surface area contributed by atoms with E-state index in [0.717, 1.165) is 5.56 Å². The van der Waals surface area contributed by atoms with E-state index >= 15 is 0 Å². The Morgan fingerprint density at radius 1 is 1.29 bits per heavy atom. The average molecular weight is 231 g/mol. The van der Waals surface area contributed by atoms with E-state index in [4.69, 9.17) is 5.11 Å². The van der Waals surface area contributed by atoms with E-state index in [9.17, 15) is 4.79 Å². The summed E-state index contributed by atoms with van der Waals surface area (Å²) in [6, 6.07) is 8.53. The molecule has 3 N–H and O–H groups in total. The normalized spacial score (nSPS) is 10.1. The highest BCUT2D eigenvalue weighted by atomic mass is 16.3. The van der Waals surface area contributed by atoms with Crippen LogP contribution in [0.2, 0.25) is 0 Å². The largest absolute Gasteiger partial charge is 0.508 e. The van der Waals surface area contributed by atoms with Crippen LogP contribution in [0.4, 0.5) is 5.82 Å². The number of aromatic hydroxyl groups is 1. The van der Waals surface area contributed by atoms with Crippen LogP contribution in [0.5, 0.6) is 5.75 Å². The van der Waals surface area contributed by atoms with Gasteiger partial charge in [0, 0.05) is 12.5 Å². The van der Waals surface area contributed by atoms with Crippen LogP contribution in [0.15, 0.2) is 36.5 Å². The molecule has 0 atom stereocenters. The van der Waals surface area contributed by atoms with Crippen molar-refractivity contribution in [2.24, 2.45) is 0 Å². The molecule has 17 heavy (non-hydrogen) atoms. The second kappa shape index (κ2) is 5.16. The number of benzene rings is 1. The highest BCUT2D eigenvalue weighted by Gasteiger charge is 2.03. The second-order valence-corrected chi connectivity index (χ2v) is 3.68. The van der Waals surface area contributed by atoms with Crippen LogP contribution in [-0.4, -0.2) is 21.2 Å². The fraction of sp³-hybridized carbons (Fsp3) is 0.167. The fourth-order valence-electron chi connectivity index (χ4n) is 1.46. The summed E-state index contributed by atoms with van der Waals surface area (Å²) in [7, 11) is 0. The zero-order chi connectivity index (χ0) is 12.1. The topological polar surface area (TPSA) is 78.0 Å². The lowest BCUT2D eigenvalue weighted by Gasteiger charge is -2.03. The summed E-state index contributed by atoms with van der Waals surface area (Å²) >= 11 is 0. The van der Waals surface area contributed by atoms with Gasteiger partial charge in [-0.25, -0.2) is 0 Å². The number of carbonyl (C=O) groups is 1. The molecule has 5 heteroatoms. The number of phenols is 1. The van der Waals surface area contributed by atoms with Crippen molar-refractivity contribution in [1.29, 1.82) is 0 Å². The van der Waals surface area contributed by atoms with E-state index in [1.165, 1.54) is 0 Å².